The average molecular weight is 274 g/mol. The fourth-order valence-corrected chi connectivity index (χ4v) is 3.36. The van der Waals surface area contributed by atoms with E-state index in [1.165, 1.54) is 30.6 Å². The molecule has 0 aliphatic heterocycles. The van der Waals surface area contributed by atoms with E-state index < -0.39 is 0 Å². The molecule has 2 heteroatoms. The largest absolute Gasteiger partial charge is 0.382 e. The highest BCUT2D eigenvalue weighted by Crippen LogP contribution is 2.31. The van der Waals surface area contributed by atoms with Gasteiger partial charge in [0.1, 0.15) is 0 Å². The minimum atomic E-state index is 0.637. The van der Waals surface area contributed by atoms with Gasteiger partial charge in [-0.05, 0) is 56.4 Å². The summed E-state index contributed by atoms with van der Waals surface area (Å²) in [6.07, 6.45) is 4.06. The van der Waals surface area contributed by atoms with Crippen molar-refractivity contribution in [1.82, 2.24) is 0 Å². The summed E-state index contributed by atoms with van der Waals surface area (Å²) in [5.74, 6) is 1.61. The van der Waals surface area contributed by atoms with Gasteiger partial charge in [0.15, 0.2) is 0 Å². The third-order valence-electron chi connectivity index (χ3n) is 5.05. The zero-order valence-corrected chi connectivity index (χ0v) is 13.5. The van der Waals surface area contributed by atoms with E-state index in [9.17, 15) is 0 Å². The lowest BCUT2D eigenvalue weighted by Crippen LogP contribution is -2.35. The molecular formula is C18H30N2. The topological polar surface area (TPSA) is 15.3 Å². The molecule has 112 valence electrons. The number of hydrogen-bond acceptors (Lipinski definition) is 2. The summed E-state index contributed by atoms with van der Waals surface area (Å²) >= 11 is 0. The molecule has 2 nitrogen and oxygen atoms in total. The van der Waals surface area contributed by atoms with Crippen molar-refractivity contribution in [2.75, 3.05) is 23.3 Å². The molecule has 1 aliphatic carbocycles. The maximum atomic E-state index is 3.74. The van der Waals surface area contributed by atoms with Crippen molar-refractivity contribution in [1.29, 1.82) is 0 Å². The fourth-order valence-electron chi connectivity index (χ4n) is 3.36. The van der Waals surface area contributed by atoms with Crippen molar-refractivity contribution >= 4 is 11.4 Å². The first kappa shape index (κ1) is 15.2. The van der Waals surface area contributed by atoms with Crippen LogP contribution in [-0.4, -0.2) is 19.1 Å². The zero-order valence-electron chi connectivity index (χ0n) is 13.5. The molecule has 1 aromatic rings. The van der Waals surface area contributed by atoms with Gasteiger partial charge in [-0.3, -0.25) is 0 Å². The van der Waals surface area contributed by atoms with E-state index >= 15 is 0 Å². The summed E-state index contributed by atoms with van der Waals surface area (Å²) in [5.41, 5.74) is 2.59. The fraction of sp³-hybridized carbons (Fsp3) is 0.667. The predicted molar refractivity (Wildman–Crippen MR) is 89.6 cm³/mol. The lowest BCUT2D eigenvalue weighted by atomic mass is 9.78. The van der Waals surface area contributed by atoms with Gasteiger partial charge in [-0.25, -0.2) is 0 Å². The van der Waals surface area contributed by atoms with Crippen molar-refractivity contribution in [2.24, 2.45) is 11.8 Å². The number of rotatable bonds is 5. The second-order valence-electron chi connectivity index (χ2n) is 6.24. The molecule has 0 radical (unpaired) electrons. The SMILES string of the molecule is CCN(CC)c1ccc(NC2CCCC(C)C2C)cc1. The molecular weight excluding hydrogens is 244 g/mol. The van der Waals surface area contributed by atoms with Gasteiger partial charge in [0, 0.05) is 30.5 Å². The summed E-state index contributed by atoms with van der Waals surface area (Å²) in [4.78, 5) is 2.38. The Morgan fingerprint density at radius 2 is 1.70 bits per heavy atom. The summed E-state index contributed by atoms with van der Waals surface area (Å²) in [6.45, 7) is 11.3. The molecule has 0 saturated heterocycles. The van der Waals surface area contributed by atoms with E-state index in [0.717, 1.165) is 24.9 Å². The number of hydrogen-bond donors (Lipinski definition) is 1. The standard InChI is InChI=1S/C18H30N2/c1-5-20(6-2)17-12-10-16(11-13-17)19-18-9-7-8-14(3)15(18)4/h10-15,18-19H,5-9H2,1-4H3. The van der Waals surface area contributed by atoms with Crippen LogP contribution in [0.2, 0.25) is 0 Å². The Morgan fingerprint density at radius 3 is 2.30 bits per heavy atom. The summed E-state index contributed by atoms with van der Waals surface area (Å²) in [6, 6.07) is 9.59. The quantitative estimate of drug-likeness (QED) is 0.832. The van der Waals surface area contributed by atoms with Crippen molar-refractivity contribution < 1.29 is 0 Å². The van der Waals surface area contributed by atoms with E-state index in [1.807, 2.05) is 0 Å². The van der Waals surface area contributed by atoms with Gasteiger partial charge in [0.2, 0.25) is 0 Å². The highest BCUT2D eigenvalue weighted by Gasteiger charge is 2.26. The van der Waals surface area contributed by atoms with Gasteiger partial charge in [0.25, 0.3) is 0 Å². The number of benzene rings is 1. The van der Waals surface area contributed by atoms with E-state index in [4.69, 9.17) is 0 Å². The van der Waals surface area contributed by atoms with Crippen LogP contribution in [0.15, 0.2) is 24.3 Å². The molecule has 0 spiro atoms. The van der Waals surface area contributed by atoms with Gasteiger partial charge in [-0.2, -0.15) is 0 Å². The van der Waals surface area contributed by atoms with Crippen LogP contribution in [-0.2, 0) is 0 Å². The highest BCUT2D eigenvalue weighted by atomic mass is 15.1. The third-order valence-corrected chi connectivity index (χ3v) is 5.05. The van der Waals surface area contributed by atoms with Crippen LogP contribution in [0, 0.1) is 11.8 Å². The minimum Gasteiger partial charge on any atom is -0.382 e. The zero-order chi connectivity index (χ0) is 14.5. The smallest absolute Gasteiger partial charge is 0.0367 e. The predicted octanol–water partition coefficient (Wildman–Crippen LogP) is 4.77. The third kappa shape index (κ3) is 3.47. The van der Waals surface area contributed by atoms with Crippen LogP contribution in [0.5, 0.6) is 0 Å². The molecule has 1 aliphatic rings. The monoisotopic (exact) mass is 274 g/mol. The van der Waals surface area contributed by atoms with Gasteiger partial charge in [-0.15, -0.1) is 0 Å². The average Bonchev–Trinajstić information content (AvgIpc) is 2.47. The Labute approximate surface area is 124 Å². The number of nitrogens with zero attached hydrogens (tertiary/aromatic N) is 1. The van der Waals surface area contributed by atoms with Crippen molar-refractivity contribution in [3.8, 4) is 0 Å². The lowest BCUT2D eigenvalue weighted by molar-refractivity contribution is 0.253. The summed E-state index contributed by atoms with van der Waals surface area (Å²) < 4.78 is 0. The van der Waals surface area contributed by atoms with Crippen molar-refractivity contribution in [3.05, 3.63) is 24.3 Å². The van der Waals surface area contributed by atoms with Gasteiger partial charge < -0.3 is 10.2 Å². The first-order chi connectivity index (χ1) is 9.65. The molecule has 20 heavy (non-hydrogen) atoms. The summed E-state index contributed by atoms with van der Waals surface area (Å²) in [7, 11) is 0. The first-order valence-electron chi connectivity index (χ1n) is 8.27. The van der Waals surface area contributed by atoms with E-state index in [0.29, 0.717) is 6.04 Å². The molecule has 1 aromatic carbocycles. The Balaban J connectivity index is 2.00. The molecule has 1 saturated carbocycles. The number of anilines is 2. The molecule has 1 fully saturated rings. The molecule has 1 N–H and O–H groups in total. The lowest BCUT2D eigenvalue weighted by Gasteiger charge is -2.35. The first-order valence-corrected chi connectivity index (χ1v) is 8.27. The van der Waals surface area contributed by atoms with Crippen molar-refractivity contribution in [2.45, 2.75) is 53.0 Å². The van der Waals surface area contributed by atoms with Crippen LogP contribution >= 0.6 is 0 Å². The second-order valence-corrected chi connectivity index (χ2v) is 6.24. The molecule has 0 amide bonds. The highest BCUT2D eigenvalue weighted by molar-refractivity contribution is 5.55. The molecule has 2 rings (SSSR count). The van der Waals surface area contributed by atoms with Crippen molar-refractivity contribution in [3.63, 3.8) is 0 Å². The number of nitrogens with one attached hydrogen (secondary N) is 1. The van der Waals surface area contributed by atoms with Crippen LogP contribution < -0.4 is 10.2 Å². The molecule has 3 atom stereocenters. The molecule has 3 unspecified atom stereocenters. The maximum Gasteiger partial charge on any atom is 0.0367 e. The van der Waals surface area contributed by atoms with Crippen LogP contribution in [0.1, 0.15) is 47.0 Å². The molecule has 0 bridgehead atoms. The Morgan fingerprint density at radius 1 is 1.05 bits per heavy atom. The summed E-state index contributed by atoms with van der Waals surface area (Å²) in [5, 5.41) is 3.74. The van der Waals surface area contributed by atoms with Crippen LogP contribution in [0.4, 0.5) is 11.4 Å². The van der Waals surface area contributed by atoms with Crippen LogP contribution in [0.3, 0.4) is 0 Å². The van der Waals surface area contributed by atoms with E-state index in [2.05, 4.69) is 62.2 Å². The van der Waals surface area contributed by atoms with E-state index in [1.54, 1.807) is 0 Å². The molecule has 0 heterocycles. The normalized spacial score (nSPS) is 26.3. The van der Waals surface area contributed by atoms with E-state index in [-0.39, 0.29) is 0 Å². The second kappa shape index (κ2) is 7.01. The molecule has 0 aromatic heterocycles. The van der Waals surface area contributed by atoms with Gasteiger partial charge in [-0.1, -0.05) is 26.7 Å². The van der Waals surface area contributed by atoms with Gasteiger partial charge >= 0.3 is 0 Å². The maximum absolute atomic E-state index is 3.74. The Hall–Kier alpha value is -1.18. The minimum absolute atomic E-state index is 0.637. The van der Waals surface area contributed by atoms with Crippen LogP contribution in [0.25, 0.3) is 0 Å². The Kier molecular flexibility index (Phi) is 5.33. The van der Waals surface area contributed by atoms with Gasteiger partial charge in [0.05, 0.1) is 0 Å². The Bertz CT molecular complexity index is 394.